The molecular formula is C38H44N6O6. The number of H-pyrrole nitrogens is 1. The van der Waals surface area contributed by atoms with Gasteiger partial charge in [0.1, 0.15) is 23.1 Å². The lowest BCUT2D eigenvalue weighted by molar-refractivity contribution is -0.136. The number of aromatic nitrogens is 2. The van der Waals surface area contributed by atoms with Gasteiger partial charge in [-0.2, -0.15) is 0 Å². The molecule has 12 nitrogen and oxygen atoms in total. The van der Waals surface area contributed by atoms with Gasteiger partial charge in [-0.1, -0.05) is 6.07 Å². The van der Waals surface area contributed by atoms with E-state index in [4.69, 9.17) is 9.47 Å². The number of imide groups is 1. The SMILES string of the molecule is COc1cc(-c2cn(C)c(=O)c3[nH]c(C)cc23)cc(OC)c1CN1CCC2(CC1)CN(c1ccc3c(c1)C(=O)N(C1CCC(=O)NC1=O)C3)C2.[HH]. The lowest BCUT2D eigenvalue weighted by atomic mass is 9.71. The molecule has 4 aliphatic rings. The number of piperidine rings is 2. The Bertz CT molecular complexity index is 2100. The minimum Gasteiger partial charge on any atom is -0.496 e. The van der Waals surface area contributed by atoms with Crippen molar-refractivity contribution < 1.29 is 25.3 Å². The second kappa shape index (κ2) is 12.0. The fourth-order valence-electron chi connectivity index (χ4n) is 8.40. The molecule has 262 valence electrons. The molecule has 3 saturated heterocycles. The molecular weight excluding hydrogens is 636 g/mol. The first-order valence-electron chi connectivity index (χ1n) is 17.3. The number of benzene rings is 2. The molecule has 1 spiro atoms. The van der Waals surface area contributed by atoms with Gasteiger partial charge >= 0.3 is 0 Å². The summed E-state index contributed by atoms with van der Waals surface area (Å²) in [6, 6.07) is 11.6. The summed E-state index contributed by atoms with van der Waals surface area (Å²) in [5.74, 6) is 0.705. The van der Waals surface area contributed by atoms with Crippen molar-refractivity contribution in [1.29, 1.82) is 0 Å². The molecule has 4 aromatic rings. The Kier molecular flexibility index (Phi) is 7.74. The van der Waals surface area contributed by atoms with E-state index in [-0.39, 0.29) is 36.5 Å². The number of carbonyl (C=O) groups excluding carboxylic acids is 3. The number of methoxy groups -OCH3 is 2. The largest absolute Gasteiger partial charge is 0.496 e. The molecule has 8 rings (SSSR count). The summed E-state index contributed by atoms with van der Waals surface area (Å²) in [6.07, 6.45) is 4.62. The van der Waals surface area contributed by atoms with Crippen LogP contribution >= 0.6 is 0 Å². The number of amides is 3. The lowest BCUT2D eigenvalue weighted by Gasteiger charge is -2.55. The summed E-state index contributed by atoms with van der Waals surface area (Å²) in [7, 11) is 5.14. The Morgan fingerprint density at radius 2 is 1.68 bits per heavy atom. The van der Waals surface area contributed by atoms with E-state index in [1.807, 2.05) is 43.5 Å². The molecule has 6 heterocycles. The number of aryl methyl sites for hydroxylation is 2. The molecule has 4 aliphatic heterocycles. The highest BCUT2D eigenvalue weighted by atomic mass is 16.5. The van der Waals surface area contributed by atoms with Gasteiger partial charge in [-0.15, -0.1) is 0 Å². The maximum Gasteiger partial charge on any atom is 0.274 e. The van der Waals surface area contributed by atoms with Gasteiger partial charge in [0.2, 0.25) is 11.8 Å². The number of nitrogens with zero attached hydrogens (tertiary/aromatic N) is 4. The van der Waals surface area contributed by atoms with E-state index >= 15 is 0 Å². The van der Waals surface area contributed by atoms with Crippen LogP contribution < -0.4 is 25.2 Å². The molecule has 1 atom stereocenters. The van der Waals surface area contributed by atoms with E-state index in [9.17, 15) is 19.2 Å². The molecule has 0 radical (unpaired) electrons. The molecule has 1 unspecified atom stereocenters. The fourth-order valence-corrected chi connectivity index (χ4v) is 8.40. The molecule has 12 heteroatoms. The first-order valence-corrected chi connectivity index (χ1v) is 17.3. The van der Waals surface area contributed by atoms with Crippen molar-refractivity contribution in [3.8, 4) is 22.6 Å². The van der Waals surface area contributed by atoms with Crippen molar-refractivity contribution in [3.05, 3.63) is 75.3 Å². The Labute approximate surface area is 291 Å². The van der Waals surface area contributed by atoms with Crippen molar-refractivity contribution in [2.75, 3.05) is 45.3 Å². The predicted molar refractivity (Wildman–Crippen MR) is 191 cm³/mol. The number of carbonyl (C=O) groups is 3. The lowest BCUT2D eigenvalue weighted by Crippen LogP contribution is -2.60. The number of aromatic amines is 1. The van der Waals surface area contributed by atoms with Gasteiger partial charge in [-0.25, -0.2) is 0 Å². The summed E-state index contributed by atoms with van der Waals surface area (Å²) in [6.45, 7) is 6.84. The van der Waals surface area contributed by atoms with E-state index in [2.05, 4.69) is 26.2 Å². The predicted octanol–water partition coefficient (Wildman–Crippen LogP) is 3.97. The molecule has 2 aromatic heterocycles. The smallest absolute Gasteiger partial charge is 0.274 e. The van der Waals surface area contributed by atoms with Gasteiger partial charge in [-0.3, -0.25) is 29.4 Å². The van der Waals surface area contributed by atoms with Crippen LogP contribution in [0.3, 0.4) is 0 Å². The van der Waals surface area contributed by atoms with E-state index in [1.165, 1.54) is 0 Å². The number of hydrogen-bond acceptors (Lipinski definition) is 8. The van der Waals surface area contributed by atoms with E-state index in [1.54, 1.807) is 30.7 Å². The second-order valence-corrected chi connectivity index (χ2v) is 14.4. The van der Waals surface area contributed by atoms with Crippen LogP contribution in [0.25, 0.3) is 22.0 Å². The van der Waals surface area contributed by atoms with Crippen LogP contribution in [-0.2, 0) is 29.7 Å². The highest BCUT2D eigenvalue weighted by Crippen LogP contribution is 2.45. The third-order valence-corrected chi connectivity index (χ3v) is 11.2. The van der Waals surface area contributed by atoms with E-state index in [0.717, 1.165) is 89.5 Å². The van der Waals surface area contributed by atoms with Crippen LogP contribution in [0.1, 0.15) is 54.3 Å². The van der Waals surface area contributed by atoms with Gasteiger partial charge in [0, 0.05) is 80.6 Å². The minimum atomic E-state index is -0.605. The summed E-state index contributed by atoms with van der Waals surface area (Å²) < 4.78 is 13.5. The average molecular weight is 681 g/mol. The van der Waals surface area contributed by atoms with Gasteiger partial charge in [-0.05, 0) is 80.7 Å². The molecule has 0 aliphatic carbocycles. The number of fused-ring (bicyclic) bond motifs is 2. The van der Waals surface area contributed by atoms with Gasteiger partial charge in [0.15, 0.2) is 0 Å². The zero-order valence-corrected chi connectivity index (χ0v) is 28.9. The molecule has 2 aromatic carbocycles. The van der Waals surface area contributed by atoms with Crippen LogP contribution in [0.4, 0.5) is 5.69 Å². The van der Waals surface area contributed by atoms with Crippen molar-refractivity contribution in [1.82, 2.24) is 24.7 Å². The number of rotatable bonds is 7. The highest BCUT2D eigenvalue weighted by Gasteiger charge is 2.46. The van der Waals surface area contributed by atoms with Gasteiger partial charge in [0.25, 0.3) is 11.5 Å². The third kappa shape index (κ3) is 5.33. The Balaban J connectivity index is 0.00000406. The normalized spacial score (nSPS) is 20.3. The first-order chi connectivity index (χ1) is 24.1. The number of pyridine rings is 1. The Hall–Kier alpha value is -5.10. The van der Waals surface area contributed by atoms with Gasteiger partial charge < -0.3 is 28.8 Å². The third-order valence-electron chi connectivity index (χ3n) is 11.2. The Morgan fingerprint density at radius 1 is 0.960 bits per heavy atom. The summed E-state index contributed by atoms with van der Waals surface area (Å²) >= 11 is 0. The first kappa shape index (κ1) is 32.1. The van der Waals surface area contributed by atoms with Crippen LogP contribution in [0.5, 0.6) is 11.5 Å². The summed E-state index contributed by atoms with van der Waals surface area (Å²) in [5, 5.41) is 3.25. The minimum absolute atomic E-state index is 0. The quantitative estimate of drug-likeness (QED) is 0.281. The van der Waals surface area contributed by atoms with Crippen LogP contribution in [0.15, 0.2) is 47.4 Å². The summed E-state index contributed by atoms with van der Waals surface area (Å²) in [5.41, 5.74) is 7.16. The standard InChI is InChI=1S/C38H42N6O6.H2/c1-22-13-27-28(18-41(2)37(48)34(27)39-22)24-14-31(49-3)29(32(15-24)50-4)19-42-11-9-38(10-12-42)20-43(21-38)25-6-5-23-17-44(36(47)26(23)16-25)30-7-8-33(45)40-35(30)46;/h5-6,13-16,18,30,39H,7-12,17,19-21H2,1-4H3,(H,40,45,46);1H. The molecule has 0 saturated carbocycles. The topological polar surface area (TPSA) is 129 Å². The number of hydrogen-bond donors (Lipinski definition) is 2. The Morgan fingerprint density at radius 3 is 2.36 bits per heavy atom. The maximum atomic E-state index is 13.4. The molecule has 2 N–H and O–H groups in total. The van der Waals surface area contributed by atoms with Crippen LogP contribution in [0, 0.1) is 12.3 Å². The maximum absolute atomic E-state index is 13.4. The zero-order chi connectivity index (χ0) is 34.9. The van der Waals surface area contributed by atoms with Crippen LogP contribution in [0.2, 0.25) is 0 Å². The van der Waals surface area contributed by atoms with E-state index in [0.29, 0.717) is 30.6 Å². The van der Waals surface area contributed by atoms with Crippen molar-refractivity contribution in [3.63, 3.8) is 0 Å². The molecule has 3 amide bonds. The van der Waals surface area contributed by atoms with Crippen LogP contribution in [-0.4, -0.2) is 83.5 Å². The van der Waals surface area contributed by atoms with Crippen molar-refractivity contribution in [2.24, 2.45) is 12.5 Å². The zero-order valence-electron chi connectivity index (χ0n) is 28.9. The summed E-state index contributed by atoms with van der Waals surface area (Å²) in [4.78, 5) is 59.8. The second-order valence-electron chi connectivity index (χ2n) is 14.4. The fraction of sp³-hybridized carbons (Fsp3) is 0.421. The number of ether oxygens (including phenoxy) is 2. The number of nitrogens with one attached hydrogen (secondary N) is 2. The molecule has 50 heavy (non-hydrogen) atoms. The number of anilines is 1. The molecule has 3 fully saturated rings. The monoisotopic (exact) mass is 680 g/mol. The van der Waals surface area contributed by atoms with E-state index < -0.39 is 6.04 Å². The average Bonchev–Trinajstić information content (AvgIpc) is 3.65. The molecule has 0 bridgehead atoms. The van der Waals surface area contributed by atoms with Crippen molar-refractivity contribution in [2.45, 2.75) is 51.7 Å². The van der Waals surface area contributed by atoms with Crippen molar-refractivity contribution >= 4 is 34.3 Å². The highest BCUT2D eigenvalue weighted by molar-refractivity contribution is 6.05. The van der Waals surface area contributed by atoms with Gasteiger partial charge in [0.05, 0.1) is 19.8 Å². The number of likely N-dealkylation sites (tertiary alicyclic amines) is 1.